The Kier molecular flexibility index (Phi) is 6.95. The number of carbonyl (C=O) groups excluding carboxylic acids is 2. The van der Waals surface area contributed by atoms with Crippen molar-refractivity contribution in [2.24, 2.45) is 5.92 Å². The molecule has 3 heteroatoms. The predicted octanol–water partition coefficient (Wildman–Crippen LogP) is 5.28. The lowest BCUT2D eigenvalue weighted by atomic mass is 9.73. The number of benzene rings is 2. The molecule has 2 aromatic rings. The standard InChI is InChI=1S/C24H30O3/c1-17(16-26)23(19-8-12-21(27-5)13-9-19)22(14-15-25)18-6-10-20(11-7-18)24(2,3)4/h6-13,15-17,22-23H,14H2,1-5H3. The lowest BCUT2D eigenvalue weighted by Gasteiger charge is -2.30. The molecule has 0 saturated heterocycles. The lowest BCUT2D eigenvalue weighted by molar-refractivity contribution is -0.112. The molecule has 0 amide bonds. The van der Waals surface area contributed by atoms with Crippen LogP contribution in [0.3, 0.4) is 0 Å². The minimum atomic E-state index is -0.203. The molecule has 0 N–H and O–H groups in total. The normalized spacial score (nSPS) is 14.9. The number of methoxy groups -OCH3 is 1. The maximum Gasteiger partial charge on any atom is 0.123 e. The zero-order valence-electron chi connectivity index (χ0n) is 16.9. The Morgan fingerprint density at radius 2 is 1.48 bits per heavy atom. The Balaban J connectivity index is 2.46. The van der Waals surface area contributed by atoms with Gasteiger partial charge in [-0.3, -0.25) is 0 Å². The third-order valence-corrected chi connectivity index (χ3v) is 5.27. The Morgan fingerprint density at radius 3 is 1.93 bits per heavy atom. The van der Waals surface area contributed by atoms with Crippen LogP contribution in [0.5, 0.6) is 5.75 Å². The van der Waals surface area contributed by atoms with Crippen LogP contribution in [0.1, 0.15) is 62.6 Å². The molecule has 144 valence electrons. The first-order valence-corrected chi connectivity index (χ1v) is 9.45. The van der Waals surface area contributed by atoms with E-state index in [-0.39, 0.29) is 23.2 Å². The van der Waals surface area contributed by atoms with E-state index in [2.05, 4.69) is 45.0 Å². The Hall–Kier alpha value is -2.42. The van der Waals surface area contributed by atoms with Gasteiger partial charge in [0.15, 0.2) is 0 Å². The largest absolute Gasteiger partial charge is 0.497 e. The monoisotopic (exact) mass is 366 g/mol. The van der Waals surface area contributed by atoms with Crippen LogP contribution in [0.15, 0.2) is 48.5 Å². The first-order chi connectivity index (χ1) is 12.8. The van der Waals surface area contributed by atoms with E-state index in [0.29, 0.717) is 6.42 Å². The van der Waals surface area contributed by atoms with Crippen LogP contribution in [0.4, 0.5) is 0 Å². The molecule has 0 radical (unpaired) electrons. The number of carbonyl (C=O) groups is 2. The SMILES string of the molecule is COc1ccc(C(C(C)C=O)C(CC=O)c2ccc(C(C)(C)C)cc2)cc1. The highest BCUT2D eigenvalue weighted by molar-refractivity contribution is 5.58. The van der Waals surface area contributed by atoms with Crippen molar-refractivity contribution in [3.63, 3.8) is 0 Å². The summed E-state index contributed by atoms with van der Waals surface area (Å²) < 4.78 is 5.25. The van der Waals surface area contributed by atoms with Gasteiger partial charge in [-0.25, -0.2) is 0 Å². The second-order valence-corrected chi connectivity index (χ2v) is 8.18. The van der Waals surface area contributed by atoms with E-state index >= 15 is 0 Å². The number of aldehydes is 2. The fourth-order valence-electron chi connectivity index (χ4n) is 3.64. The maximum atomic E-state index is 11.7. The first kappa shape index (κ1) is 20.9. The van der Waals surface area contributed by atoms with Crippen molar-refractivity contribution in [2.75, 3.05) is 7.11 Å². The molecule has 0 fully saturated rings. The average molecular weight is 367 g/mol. The summed E-state index contributed by atoms with van der Waals surface area (Å²) in [5.74, 6) is 0.451. The number of rotatable bonds is 8. The third kappa shape index (κ3) is 5.06. The van der Waals surface area contributed by atoms with Gasteiger partial charge in [0.05, 0.1) is 7.11 Å². The molecular weight excluding hydrogens is 336 g/mol. The molecule has 3 nitrogen and oxygen atoms in total. The first-order valence-electron chi connectivity index (χ1n) is 9.45. The Morgan fingerprint density at radius 1 is 0.926 bits per heavy atom. The van der Waals surface area contributed by atoms with Crippen LogP contribution in [0, 0.1) is 5.92 Å². The highest BCUT2D eigenvalue weighted by Gasteiger charge is 2.29. The molecule has 0 aliphatic rings. The van der Waals surface area contributed by atoms with Gasteiger partial charge in [0.25, 0.3) is 0 Å². The average Bonchev–Trinajstić information content (AvgIpc) is 2.67. The smallest absolute Gasteiger partial charge is 0.123 e. The van der Waals surface area contributed by atoms with Crippen LogP contribution in [-0.4, -0.2) is 19.7 Å². The van der Waals surface area contributed by atoms with Gasteiger partial charge >= 0.3 is 0 Å². The molecule has 3 atom stereocenters. The number of ether oxygens (including phenoxy) is 1. The molecule has 0 bridgehead atoms. The van der Waals surface area contributed by atoms with Crippen molar-refractivity contribution < 1.29 is 14.3 Å². The van der Waals surface area contributed by atoms with Crippen LogP contribution >= 0.6 is 0 Å². The van der Waals surface area contributed by atoms with E-state index in [1.54, 1.807) is 7.11 Å². The molecule has 2 rings (SSSR count). The molecule has 0 heterocycles. The van der Waals surface area contributed by atoms with E-state index in [4.69, 9.17) is 4.74 Å². The van der Waals surface area contributed by atoms with E-state index in [9.17, 15) is 9.59 Å². The summed E-state index contributed by atoms with van der Waals surface area (Å²) in [6.07, 6.45) is 2.32. The van der Waals surface area contributed by atoms with Crippen molar-refractivity contribution >= 4 is 12.6 Å². The molecule has 27 heavy (non-hydrogen) atoms. The summed E-state index contributed by atoms with van der Waals surface area (Å²) in [4.78, 5) is 23.1. The molecule has 0 aromatic heterocycles. The van der Waals surface area contributed by atoms with E-state index in [1.807, 2.05) is 31.2 Å². The van der Waals surface area contributed by atoms with Gasteiger partial charge in [0, 0.05) is 18.3 Å². The molecule has 2 aromatic carbocycles. The lowest BCUT2D eigenvalue weighted by Crippen LogP contribution is -2.20. The number of hydrogen-bond donors (Lipinski definition) is 0. The molecule has 0 spiro atoms. The molecule has 0 saturated carbocycles. The summed E-state index contributed by atoms with van der Waals surface area (Å²) in [5, 5.41) is 0. The van der Waals surface area contributed by atoms with Gasteiger partial charge in [-0.1, -0.05) is 64.1 Å². The van der Waals surface area contributed by atoms with Gasteiger partial charge in [-0.15, -0.1) is 0 Å². The topological polar surface area (TPSA) is 43.4 Å². The molecule has 0 aliphatic heterocycles. The fourth-order valence-corrected chi connectivity index (χ4v) is 3.64. The summed E-state index contributed by atoms with van der Waals surface area (Å²) in [5.41, 5.74) is 3.46. The maximum absolute atomic E-state index is 11.7. The van der Waals surface area contributed by atoms with Gasteiger partial charge in [-0.05, 0) is 40.2 Å². The second-order valence-electron chi connectivity index (χ2n) is 8.18. The molecular formula is C24H30O3. The zero-order valence-corrected chi connectivity index (χ0v) is 16.9. The van der Waals surface area contributed by atoms with Crippen LogP contribution < -0.4 is 4.74 Å². The van der Waals surface area contributed by atoms with Crippen molar-refractivity contribution in [3.05, 3.63) is 65.2 Å². The van der Waals surface area contributed by atoms with E-state index < -0.39 is 0 Å². The summed E-state index contributed by atoms with van der Waals surface area (Å²) in [7, 11) is 1.63. The summed E-state index contributed by atoms with van der Waals surface area (Å²) in [6.45, 7) is 8.46. The zero-order chi connectivity index (χ0) is 20.0. The van der Waals surface area contributed by atoms with Gasteiger partial charge in [0.2, 0.25) is 0 Å². The van der Waals surface area contributed by atoms with Gasteiger partial charge in [-0.2, -0.15) is 0 Å². The number of hydrogen-bond acceptors (Lipinski definition) is 3. The van der Waals surface area contributed by atoms with Gasteiger partial charge in [0.1, 0.15) is 18.3 Å². The van der Waals surface area contributed by atoms with Crippen molar-refractivity contribution in [1.82, 2.24) is 0 Å². The third-order valence-electron chi connectivity index (χ3n) is 5.27. The minimum absolute atomic E-state index is 0.0508. The molecule has 3 unspecified atom stereocenters. The Labute approximate surface area is 162 Å². The highest BCUT2D eigenvalue weighted by atomic mass is 16.5. The van der Waals surface area contributed by atoms with Crippen molar-refractivity contribution in [3.8, 4) is 5.75 Å². The quantitative estimate of drug-likeness (QED) is 0.597. The minimum Gasteiger partial charge on any atom is -0.497 e. The van der Waals surface area contributed by atoms with E-state index in [1.165, 1.54) is 5.56 Å². The van der Waals surface area contributed by atoms with Crippen LogP contribution in [-0.2, 0) is 15.0 Å². The van der Waals surface area contributed by atoms with Crippen LogP contribution in [0.2, 0.25) is 0 Å². The highest BCUT2D eigenvalue weighted by Crippen LogP contribution is 2.41. The fraction of sp³-hybridized carbons (Fsp3) is 0.417. The summed E-state index contributed by atoms with van der Waals surface area (Å²) >= 11 is 0. The van der Waals surface area contributed by atoms with Crippen molar-refractivity contribution in [2.45, 2.75) is 51.4 Å². The van der Waals surface area contributed by atoms with Gasteiger partial charge < -0.3 is 14.3 Å². The predicted molar refractivity (Wildman–Crippen MR) is 110 cm³/mol. The van der Waals surface area contributed by atoms with Crippen molar-refractivity contribution in [1.29, 1.82) is 0 Å². The molecule has 0 aliphatic carbocycles. The second kappa shape index (κ2) is 8.98. The van der Waals surface area contributed by atoms with E-state index in [0.717, 1.165) is 29.4 Å². The van der Waals surface area contributed by atoms with Crippen LogP contribution in [0.25, 0.3) is 0 Å². The Bertz CT molecular complexity index is 739. The summed E-state index contributed by atoms with van der Waals surface area (Å²) in [6, 6.07) is 16.2.